The second-order valence-corrected chi connectivity index (χ2v) is 5.02. The number of rotatable bonds is 5. The summed E-state index contributed by atoms with van der Waals surface area (Å²) in [7, 11) is 1.98. The van der Waals surface area contributed by atoms with E-state index >= 15 is 0 Å². The van der Waals surface area contributed by atoms with Gasteiger partial charge in [0.2, 0.25) is 0 Å². The van der Waals surface area contributed by atoms with Gasteiger partial charge in [-0.05, 0) is 44.5 Å². The van der Waals surface area contributed by atoms with Gasteiger partial charge < -0.3 is 5.32 Å². The Morgan fingerprint density at radius 2 is 2.47 bits per heavy atom. The Hall–Kier alpha value is -0.870. The average molecular weight is 236 g/mol. The smallest absolute Gasteiger partial charge is 0.0764 e. The molecule has 4 heteroatoms. The van der Waals surface area contributed by atoms with Gasteiger partial charge >= 0.3 is 0 Å². The van der Waals surface area contributed by atoms with Crippen LogP contribution in [0.15, 0.2) is 12.3 Å². The number of aryl methyl sites for hydroxylation is 1. The van der Waals surface area contributed by atoms with Crippen LogP contribution in [0.25, 0.3) is 0 Å². The van der Waals surface area contributed by atoms with Crippen LogP contribution < -0.4 is 5.32 Å². The lowest BCUT2D eigenvalue weighted by Gasteiger charge is -2.28. The molecule has 0 aliphatic carbocycles. The normalized spacial score (nSPS) is 21.0. The van der Waals surface area contributed by atoms with E-state index in [2.05, 4.69) is 28.3 Å². The molecule has 2 heterocycles. The maximum atomic E-state index is 4.45. The Labute approximate surface area is 104 Å². The first-order valence-corrected chi connectivity index (χ1v) is 6.69. The van der Waals surface area contributed by atoms with E-state index in [1.54, 1.807) is 0 Å². The second-order valence-electron chi connectivity index (χ2n) is 5.02. The molecule has 96 valence electrons. The van der Waals surface area contributed by atoms with Gasteiger partial charge in [0, 0.05) is 26.3 Å². The number of aromatic nitrogens is 2. The Kier molecular flexibility index (Phi) is 4.57. The number of hydrogen-bond acceptors (Lipinski definition) is 3. The summed E-state index contributed by atoms with van der Waals surface area (Å²) in [6, 6.07) is 2.11. The van der Waals surface area contributed by atoms with Gasteiger partial charge in [-0.25, -0.2) is 0 Å². The van der Waals surface area contributed by atoms with Gasteiger partial charge in [0.1, 0.15) is 0 Å². The lowest BCUT2D eigenvalue weighted by Crippen LogP contribution is -2.38. The van der Waals surface area contributed by atoms with Crippen molar-refractivity contribution in [3.05, 3.63) is 18.0 Å². The highest BCUT2D eigenvalue weighted by Gasteiger charge is 2.16. The number of hydrogen-bond donors (Lipinski definition) is 1. The predicted octanol–water partition coefficient (Wildman–Crippen LogP) is 1.24. The molecule has 0 aromatic carbocycles. The van der Waals surface area contributed by atoms with E-state index in [4.69, 9.17) is 0 Å². The average Bonchev–Trinajstić information content (AvgIpc) is 2.75. The van der Waals surface area contributed by atoms with Gasteiger partial charge in [-0.2, -0.15) is 5.10 Å². The van der Waals surface area contributed by atoms with Crippen molar-refractivity contribution in [3.63, 3.8) is 0 Å². The standard InChI is InChI=1S/C13H24N4/c1-3-17(10-12-5-4-7-14-9-12)11-13-6-8-16(2)15-13/h6,8,12,14H,3-5,7,9-11H2,1-2H3. The highest BCUT2D eigenvalue weighted by molar-refractivity contribution is 4.98. The van der Waals surface area contributed by atoms with Crippen LogP contribution in [0.4, 0.5) is 0 Å². The molecule has 0 amide bonds. The summed E-state index contributed by atoms with van der Waals surface area (Å²) >= 11 is 0. The molecule has 1 fully saturated rings. The van der Waals surface area contributed by atoms with Crippen LogP contribution in [0.5, 0.6) is 0 Å². The largest absolute Gasteiger partial charge is 0.316 e. The van der Waals surface area contributed by atoms with Crippen LogP contribution in [0, 0.1) is 5.92 Å². The molecule has 0 saturated carbocycles. The highest BCUT2D eigenvalue weighted by Crippen LogP contribution is 2.13. The van der Waals surface area contributed by atoms with E-state index in [0.29, 0.717) is 0 Å². The number of nitrogens with one attached hydrogen (secondary N) is 1. The zero-order chi connectivity index (χ0) is 12.1. The fraction of sp³-hybridized carbons (Fsp3) is 0.769. The monoisotopic (exact) mass is 236 g/mol. The molecular weight excluding hydrogens is 212 g/mol. The topological polar surface area (TPSA) is 33.1 Å². The molecular formula is C13H24N4. The molecule has 0 bridgehead atoms. The van der Waals surface area contributed by atoms with Crippen molar-refractivity contribution in [2.45, 2.75) is 26.3 Å². The molecule has 1 aromatic heterocycles. The lowest BCUT2D eigenvalue weighted by molar-refractivity contribution is 0.207. The molecule has 2 rings (SSSR count). The summed E-state index contributed by atoms with van der Waals surface area (Å²) in [6.45, 7) is 7.89. The van der Waals surface area contributed by atoms with Crippen LogP contribution in [0.1, 0.15) is 25.5 Å². The summed E-state index contributed by atoms with van der Waals surface area (Å²) in [5.74, 6) is 0.812. The van der Waals surface area contributed by atoms with Gasteiger partial charge in [-0.15, -0.1) is 0 Å². The molecule has 1 saturated heterocycles. The van der Waals surface area contributed by atoms with E-state index in [0.717, 1.165) is 19.0 Å². The van der Waals surface area contributed by atoms with Crippen LogP contribution in [-0.2, 0) is 13.6 Å². The van der Waals surface area contributed by atoms with E-state index in [1.165, 1.54) is 38.2 Å². The Balaban J connectivity index is 1.83. The Morgan fingerprint density at radius 3 is 3.06 bits per heavy atom. The first kappa shape index (κ1) is 12.6. The summed E-state index contributed by atoms with van der Waals surface area (Å²) in [5, 5.41) is 7.94. The van der Waals surface area contributed by atoms with Gasteiger partial charge in [0.25, 0.3) is 0 Å². The fourth-order valence-corrected chi connectivity index (χ4v) is 2.53. The van der Waals surface area contributed by atoms with E-state index in [1.807, 2.05) is 17.9 Å². The molecule has 1 unspecified atom stereocenters. The van der Waals surface area contributed by atoms with Crippen molar-refractivity contribution in [2.75, 3.05) is 26.2 Å². The first-order valence-electron chi connectivity index (χ1n) is 6.69. The molecule has 17 heavy (non-hydrogen) atoms. The quantitative estimate of drug-likeness (QED) is 0.835. The van der Waals surface area contributed by atoms with Crippen LogP contribution >= 0.6 is 0 Å². The highest BCUT2D eigenvalue weighted by atomic mass is 15.3. The summed E-state index contributed by atoms with van der Waals surface area (Å²) in [5.41, 5.74) is 1.18. The minimum absolute atomic E-state index is 0.812. The zero-order valence-electron chi connectivity index (χ0n) is 11.0. The van der Waals surface area contributed by atoms with Crippen molar-refractivity contribution in [3.8, 4) is 0 Å². The van der Waals surface area contributed by atoms with Gasteiger partial charge in [-0.1, -0.05) is 6.92 Å². The minimum atomic E-state index is 0.812. The third-order valence-corrected chi connectivity index (χ3v) is 3.52. The van der Waals surface area contributed by atoms with Crippen molar-refractivity contribution in [1.29, 1.82) is 0 Å². The molecule has 4 nitrogen and oxygen atoms in total. The molecule has 1 aliphatic heterocycles. The van der Waals surface area contributed by atoms with E-state index in [-0.39, 0.29) is 0 Å². The molecule has 0 radical (unpaired) electrons. The maximum Gasteiger partial charge on any atom is 0.0764 e. The number of piperidine rings is 1. The first-order chi connectivity index (χ1) is 8.28. The number of nitrogens with zero attached hydrogens (tertiary/aromatic N) is 3. The Bertz CT molecular complexity index is 328. The van der Waals surface area contributed by atoms with Crippen molar-refractivity contribution in [1.82, 2.24) is 20.0 Å². The van der Waals surface area contributed by atoms with E-state index < -0.39 is 0 Å². The van der Waals surface area contributed by atoms with Gasteiger partial charge in [-0.3, -0.25) is 9.58 Å². The van der Waals surface area contributed by atoms with Crippen molar-refractivity contribution < 1.29 is 0 Å². The third kappa shape index (κ3) is 3.82. The summed E-state index contributed by atoms with van der Waals surface area (Å²) in [6.07, 6.45) is 4.71. The van der Waals surface area contributed by atoms with Crippen LogP contribution in [-0.4, -0.2) is 40.9 Å². The minimum Gasteiger partial charge on any atom is -0.316 e. The van der Waals surface area contributed by atoms with Gasteiger partial charge in [0.15, 0.2) is 0 Å². The molecule has 1 N–H and O–H groups in total. The Morgan fingerprint density at radius 1 is 1.59 bits per heavy atom. The van der Waals surface area contributed by atoms with Crippen LogP contribution in [0.2, 0.25) is 0 Å². The van der Waals surface area contributed by atoms with Crippen LogP contribution in [0.3, 0.4) is 0 Å². The molecule has 0 spiro atoms. The molecule has 1 aliphatic rings. The molecule has 1 atom stereocenters. The van der Waals surface area contributed by atoms with Gasteiger partial charge in [0.05, 0.1) is 5.69 Å². The lowest BCUT2D eigenvalue weighted by atomic mass is 9.99. The summed E-state index contributed by atoms with van der Waals surface area (Å²) in [4.78, 5) is 2.50. The SMILES string of the molecule is CCN(Cc1ccn(C)n1)CC1CCCNC1. The predicted molar refractivity (Wildman–Crippen MR) is 69.8 cm³/mol. The zero-order valence-corrected chi connectivity index (χ0v) is 11.0. The van der Waals surface area contributed by atoms with Crippen molar-refractivity contribution >= 4 is 0 Å². The molecule has 1 aromatic rings. The second kappa shape index (κ2) is 6.17. The van der Waals surface area contributed by atoms with Crippen molar-refractivity contribution in [2.24, 2.45) is 13.0 Å². The summed E-state index contributed by atoms with van der Waals surface area (Å²) < 4.78 is 1.88. The fourth-order valence-electron chi connectivity index (χ4n) is 2.53. The van der Waals surface area contributed by atoms with E-state index in [9.17, 15) is 0 Å². The third-order valence-electron chi connectivity index (χ3n) is 3.52. The maximum absolute atomic E-state index is 4.45.